The largest absolute Gasteiger partial charge is 0.491 e. The minimum atomic E-state index is -0.600. The van der Waals surface area contributed by atoms with Crippen molar-refractivity contribution in [1.82, 2.24) is 10.6 Å². The van der Waals surface area contributed by atoms with Gasteiger partial charge in [-0.15, -0.1) is 12.4 Å². The van der Waals surface area contributed by atoms with Crippen molar-refractivity contribution in [2.45, 2.75) is 26.8 Å². The fourth-order valence-corrected chi connectivity index (χ4v) is 1.72. The molecule has 0 unspecified atom stereocenters. The first kappa shape index (κ1) is 21.2. The molecule has 23 heavy (non-hydrogen) atoms. The van der Waals surface area contributed by atoms with Gasteiger partial charge in [-0.05, 0) is 24.5 Å². The molecule has 1 aromatic rings. The summed E-state index contributed by atoms with van der Waals surface area (Å²) in [5.74, 6) is 0.248. The summed E-state index contributed by atoms with van der Waals surface area (Å²) in [5, 5.41) is 5.19. The molecule has 2 amide bonds. The molecule has 0 aliphatic heterocycles. The third kappa shape index (κ3) is 7.85. The Kier molecular flexibility index (Phi) is 10.0. The number of benzene rings is 1. The molecule has 0 aliphatic carbocycles. The van der Waals surface area contributed by atoms with Crippen molar-refractivity contribution in [3.05, 3.63) is 29.8 Å². The Morgan fingerprint density at radius 1 is 1.22 bits per heavy atom. The predicted molar refractivity (Wildman–Crippen MR) is 92.8 cm³/mol. The molecule has 0 fully saturated rings. The van der Waals surface area contributed by atoms with E-state index < -0.39 is 6.04 Å². The van der Waals surface area contributed by atoms with Crippen molar-refractivity contribution >= 4 is 24.2 Å². The summed E-state index contributed by atoms with van der Waals surface area (Å²) in [7, 11) is 0. The van der Waals surface area contributed by atoms with Crippen LogP contribution in [0.3, 0.4) is 0 Å². The number of halogens is 1. The van der Waals surface area contributed by atoms with E-state index in [1.165, 1.54) is 0 Å². The molecule has 0 radical (unpaired) electrons. The Hall–Kier alpha value is -1.79. The van der Waals surface area contributed by atoms with E-state index >= 15 is 0 Å². The lowest BCUT2D eigenvalue weighted by molar-refractivity contribution is -0.127. The Labute approximate surface area is 143 Å². The second-order valence-electron chi connectivity index (χ2n) is 5.45. The lowest BCUT2D eigenvalue weighted by Gasteiger charge is -2.15. The van der Waals surface area contributed by atoms with Crippen LogP contribution in [0, 0.1) is 12.8 Å². The average Bonchev–Trinajstić information content (AvgIpc) is 2.49. The van der Waals surface area contributed by atoms with Crippen molar-refractivity contribution in [2.24, 2.45) is 11.7 Å². The summed E-state index contributed by atoms with van der Waals surface area (Å²) in [5.41, 5.74) is 6.73. The van der Waals surface area contributed by atoms with Gasteiger partial charge in [0.25, 0.3) is 0 Å². The van der Waals surface area contributed by atoms with Crippen LogP contribution in [-0.2, 0) is 9.59 Å². The topological polar surface area (TPSA) is 93.5 Å². The number of carbonyl (C=O) groups excluding carboxylic acids is 2. The Morgan fingerprint density at radius 3 is 2.48 bits per heavy atom. The molecule has 1 rings (SSSR count). The van der Waals surface area contributed by atoms with E-state index in [0.717, 1.165) is 11.3 Å². The van der Waals surface area contributed by atoms with Gasteiger partial charge in [0.2, 0.25) is 11.8 Å². The number of para-hydroxylation sites is 1. The molecule has 0 bridgehead atoms. The first-order chi connectivity index (χ1) is 10.4. The summed E-state index contributed by atoms with van der Waals surface area (Å²) < 4.78 is 5.56. The molecule has 7 heteroatoms. The normalized spacial score (nSPS) is 11.3. The van der Waals surface area contributed by atoms with Crippen LogP contribution in [0.2, 0.25) is 0 Å². The zero-order valence-corrected chi connectivity index (χ0v) is 14.6. The molecule has 130 valence electrons. The highest BCUT2D eigenvalue weighted by molar-refractivity contribution is 5.87. The second kappa shape index (κ2) is 10.9. The van der Waals surface area contributed by atoms with Gasteiger partial charge in [0, 0.05) is 0 Å². The van der Waals surface area contributed by atoms with E-state index in [0.29, 0.717) is 13.2 Å². The smallest absolute Gasteiger partial charge is 0.239 e. The highest BCUT2D eigenvalue weighted by atomic mass is 35.5. The molecule has 0 aliphatic rings. The summed E-state index contributed by atoms with van der Waals surface area (Å²) in [6.07, 6.45) is 0. The maximum atomic E-state index is 11.6. The van der Waals surface area contributed by atoms with Gasteiger partial charge in [0.1, 0.15) is 12.4 Å². The minimum absolute atomic E-state index is 0. The van der Waals surface area contributed by atoms with Gasteiger partial charge in [-0.25, -0.2) is 0 Å². The second-order valence-corrected chi connectivity index (χ2v) is 5.45. The van der Waals surface area contributed by atoms with Crippen LogP contribution < -0.4 is 21.1 Å². The number of hydrogen-bond donors (Lipinski definition) is 3. The molecule has 0 spiro atoms. The zero-order valence-electron chi connectivity index (χ0n) is 13.8. The van der Waals surface area contributed by atoms with Crippen LogP contribution in [0.1, 0.15) is 19.4 Å². The number of nitrogens with one attached hydrogen (secondary N) is 2. The van der Waals surface area contributed by atoms with Gasteiger partial charge in [0.05, 0.1) is 19.1 Å². The van der Waals surface area contributed by atoms with E-state index in [-0.39, 0.29) is 36.7 Å². The fourth-order valence-electron chi connectivity index (χ4n) is 1.72. The van der Waals surface area contributed by atoms with Crippen LogP contribution in [-0.4, -0.2) is 37.6 Å². The molecule has 0 saturated carbocycles. The fraction of sp³-hybridized carbons (Fsp3) is 0.500. The number of amides is 2. The zero-order chi connectivity index (χ0) is 16.5. The van der Waals surface area contributed by atoms with Gasteiger partial charge in [-0.3, -0.25) is 9.59 Å². The van der Waals surface area contributed by atoms with Crippen molar-refractivity contribution < 1.29 is 14.3 Å². The van der Waals surface area contributed by atoms with Crippen LogP contribution in [0.15, 0.2) is 24.3 Å². The predicted octanol–water partition coefficient (Wildman–Crippen LogP) is 1.01. The number of ether oxygens (including phenoxy) is 1. The third-order valence-electron chi connectivity index (χ3n) is 3.22. The highest BCUT2D eigenvalue weighted by Gasteiger charge is 2.17. The molecule has 6 nitrogen and oxygen atoms in total. The highest BCUT2D eigenvalue weighted by Crippen LogP contribution is 2.15. The summed E-state index contributed by atoms with van der Waals surface area (Å²) in [6.45, 7) is 6.33. The van der Waals surface area contributed by atoms with Crippen LogP contribution in [0.4, 0.5) is 0 Å². The molecule has 1 atom stereocenters. The van der Waals surface area contributed by atoms with Gasteiger partial charge >= 0.3 is 0 Å². The maximum absolute atomic E-state index is 11.6. The van der Waals surface area contributed by atoms with Crippen LogP contribution >= 0.6 is 12.4 Å². The summed E-state index contributed by atoms with van der Waals surface area (Å²) >= 11 is 0. The van der Waals surface area contributed by atoms with Crippen molar-refractivity contribution in [2.75, 3.05) is 19.7 Å². The minimum Gasteiger partial charge on any atom is -0.491 e. The standard InChI is InChI=1S/C16H25N3O3.ClH/c1-11(2)15(17)16(21)19-10-14(20)18-8-9-22-13-7-5-4-6-12(13)3;/h4-7,11,15H,8-10,17H2,1-3H3,(H,18,20)(H,19,21);1H/t15-;/m0./s1. The van der Waals surface area contributed by atoms with E-state index in [1.54, 1.807) is 0 Å². The van der Waals surface area contributed by atoms with Crippen molar-refractivity contribution in [3.8, 4) is 5.75 Å². The summed E-state index contributed by atoms with van der Waals surface area (Å²) in [6, 6.07) is 7.08. The number of carbonyl (C=O) groups is 2. The number of nitrogens with two attached hydrogens (primary N) is 1. The van der Waals surface area contributed by atoms with E-state index in [9.17, 15) is 9.59 Å². The Balaban J connectivity index is 0.00000484. The van der Waals surface area contributed by atoms with Gasteiger partial charge < -0.3 is 21.1 Å². The number of rotatable bonds is 8. The Morgan fingerprint density at radius 2 is 1.87 bits per heavy atom. The molecule has 1 aromatic carbocycles. The molecule has 0 saturated heterocycles. The van der Waals surface area contributed by atoms with E-state index in [4.69, 9.17) is 10.5 Å². The Bertz CT molecular complexity index is 509. The van der Waals surface area contributed by atoms with E-state index in [1.807, 2.05) is 45.0 Å². The lowest BCUT2D eigenvalue weighted by Crippen LogP contribution is -2.47. The first-order valence-corrected chi connectivity index (χ1v) is 7.40. The molecular weight excluding hydrogens is 318 g/mol. The molecular formula is C16H26ClN3O3. The maximum Gasteiger partial charge on any atom is 0.239 e. The average molecular weight is 344 g/mol. The van der Waals surface area contributed by atoms with Crippen molar-refractivity contribution in [1.29, 1.82) is 0 Å². The SMILES string of the molecule is Cc1ccccc1OCCNC(=O)CNC(=O)[C@@H](N)C(C)C.Cl. The van der Waals surface area contributed by atoms with Crippen molar-refractivity contribution in [3.63, 3.8) is 0 Å². The lowest BCUT2D eigenvalue weighted by atomic mass is 10.1. The van der Waals surface area contributed by atoms with E-state index in [2.05, 4.69) is 10.6 Å². The van der Waals surface area contributed by atoms with Crippen LogP contribution in [0.5, 0.6) is 5.75 Å². The molecule has 0 aromatic heterocycles. The third-order valence-corrected chi connectivity index (χ3v) is 3.22. The monoisotopic (exact) mass is 343 g/mol. The number of aryl methyl sites for hydroxylation is 1. The summed E-state index contributed by atoms with van der Waals surface area (Å²) in [4.78, 5) is 23.2. The molecule has 4 N–H and O–H groups in total. The van der Waals surface area contributed by atoms with Crippen LogP contribution in [0.25, 0.3) is 0 Å². The number of hydrogen-bond acceptors (Lipinski definition) is 4. The van der Waals surface area contributed by atoms with Gasteiger partial charge in [0.15, 0.2) is 0 Å². The van der Waals surface area contributed by atoms with Gasteiger partial charge in [-0.2, -0.15) is 0 Å². The first-order valence-electron chi connectivity index (χ1n) is 7.40. The quantitative estimate of drug-likeness (QED) is 0.614. The molecule has 0 heterocycles. The van der Waals surface area contributed by atoms with Gasteiger partial charge in [-0.1, -0.05) is 32.0 Å².